The predicted molar refractivity (Wildman–Crippen MR) is 84.3 cm³/mol. The molecule has 0 aromatic rings. The Kier molecular flexibility index (Phi) is 10.8. The van der Waals surface area contributed by atoms with Gasteiger partial charge in [0.1, 0.15) is 0 Å². The van der Waals surface area contributed by atoms with Gasteiger partial charge in [0.15, 0.2) is 0 Å². The second-order valence-electron chi connectivity index (χ2n) is 5.89. The van der Waals surface area contributed by atoms with Crippen LogP contribution >= 0.6 is 0 Å². The summed E-state index contributed by atoms with van der Waals surface area (Å²) in [7, 11) is 0. The van der Waals surface area contributed by atoms with Crippen LogP contribution in [0.1, 0.15) is 73.1 Å². The summed E-state index contributed by atoms with van der Waals surface area (Å²) in [6.45, 7) is 11.7. The zero-order valence-corrected chi connectivity index (χ0v) is 15.8. The zero-order valence-electron chi connectivity index (χ0n) is 12.9. The van der Waals surface area contributed by atoms with Crippen molar-refractivity contribution >= 4 is 18.4 Å². The molecule has 0 bridgehead atoms. The van der Waals surface area contributed by atoms with E-state index in [0.717, 1.165) is 0 Å². The van der Waals surface area contributed by atoms with E-state index in [4.69, 9.17) is 0 Å². The van der Waals surface area contributed by atoms with E-state index in [1.54, 1.807) is 18.9 Å². The molecule has 0 atom stereocenters. The quantitative estimate of drug-likeness (QED) is 0.405. The van der Waals surface area contributed by atoms with Gasteiger partial charge in [-0.15, -0.1) is 0 Å². The fourth-order valence-corrected chi connectivity index (χ4v) is 18.7. The van der Waals surface area contributed by atoms with Gasteiger partial charge in [-0.25, -0.2) is 0 Å². The molecule has 0 N–H and O–H groups in total. The van der Waals surface area contributed by atoms with Gasteiger partial charge in [-0.1, -0.05) is 0 Å². The van der Waals surface area contributed by atoms with Crippen molar-refractivity contribution in [3.05, 3.63) is 9.67 Å². The van der Waals surface area contributed by atoms with E-state index in [9.17, 15) is 0 Å². The van der Waals surface area contributed by atoms with Crippen LogP contribution < -0.4 is 0 Å². The standard InChI is InChI=1S/C4H7.3C4H9.Sn/c1-4(2)3;3*1-3-4-2;/h1H,2-3H3;3*1,3-4H2,2H3;. The van der Waals surface area contributed by atoms with Crippen LogP contribution in [0, 0.1) is 0 Å². The molecule has 0 nitrogen and oxygen atoms in total. The molecule has 0 saturated carbocycles. The minimum atomic E-state index is -1.90. The van der Waals surface area contributed by atoms with Crippen molar-refractivity contribution in [3.8, 4) is 0 Å². The van der Waals surface area contributed by atoms with Gasteiger partial charge in [0.05, 0.1) is 0 Å². The topological polar surface area (TPSA) is 0 Å². The molecule has 0 aliphatic carbocycles. The number of allylic oxidation sites excluding steroid dienone is 1. The average molecular weight is 345 g/mol. The Morgan fingerprint density at radius 3 is 1.35 bits per heavy atom. The molecule has 0 unspecified atom stereocenters. The van der Waals surface area contributed by atoms with Gasteiger partial charge in [0.2, 0.25) is 0 Å². The molecule has 0 aliphatic rings. The van der Waals surface area contributed by atoms with Gasteiger partial charge in [-0.3, -0.25) is 0 Å². The molecule has 1 heteroatoms. The van der Waals surface area contributed by atoms with E-state index in [1.165, 1.54) is 38.5 Å². The Labute approximate surface area is 114 Å². The number of rotatable bonds is 10. The van der Waals surface area contributed by atoms with Crippen molar-refractivity contribution in [3.63, 3.8) is 0 Å². The van der Waals surface area contributed by atoms with Gasteiger partial charge in [0, 0.05) is 0 Å². The molecule has 0 aliphatic heterocycles. The van der Waals surface area contributed by atoms with E-state index < -0.39 is 18.4 Å². The van der Waals surface area contributed by atoms with Crippen LogP contribution in [0.3, 0.4) is 0 Å². The molecular weight excluding hydrogens is 311 g/mol. The van der Waals surface area contributed by atoms with E-state index >= 15 is 0 Å². The van der Waals surface area contributed by atoms with Gasteiger partial charge >= 0.3 is 114 Å². The number of unbranched alkanes of at least 4 members (excludes halogenated alkanes) is 3. The van der Waals surface area contributed by atoms with E-state index in [-0.39, 0.29) is 0 Å². The van der Waals surface area contributed by atoms with Crippen LogP contribution in [0.4, 0.5) is 0 Å². The van der Waals surface area contributed by atoms with E-state index in [2.05, 4.69) is 38.7 Å². The molecule has 0 radical (unpaired) electrons. The first-order valence-electron chi connectivity index (χ1n) is 7.76. The third-order valence-corrected chi connectivity index (χ3v) is 18.6. The van der Waals surface area contributed by atoms with Crippen LogP contribution in [0.25, 0.3) is 0 Å². The van der Waals surface area contributed by atoms with E-state index in [1.807, 2.05) is 0 Å². The predicted octanol–water partition coefficient (Wildman–Crippen LogP) is 6.34. The average Bonchev–Trinajstić information content (AvgIpc) is 2.30. The third kappa shape index (κ3) is 8.29. The second-order valence-corrected chi connectivity index (χ2v) is 18.8. The summed E-state index contributed by atoms with van der Waals surface area (Å²) in [6.07, 6.45) is 8.59. The Morgan fingerprint density at radius 1 is 0.765 bits per heavy atom. The molecule has 0 saturated heterocycles. The van der Waals surface area contributed by atoms with Gasteiger partial charge in [0.25, 0.3) is 0 Å². The van der Waals surface area contributed by atoms with E-state index in [0.29, 0.717) is 0 Å². The van der Waals surface area contributed by atoms with Crippen LogP contribution in [0.2, 0.25) is 13.3 Å². The molecule has 0 rings (SSSR count). The first-order valence-corrected chi connectivity index (χ1v) is 15.5. The Hall–Kier alpha value is 0.539. The van der Waals surface area contributed by atoms with Crippen LogP contribution in [0.5, 0.6) is 0 Å². The first-order chi connectivity index (χ1) is 8.10. The molecule has 0 spiro atoms. The number of hydrogen-bond acceptors (Lipinski definition) is 0. The molecule has 0 heterocycles. The fourth-order valence-electron chi connectivity index (χ4n) is 2.79. The summed E-state index contributed by atoms with van der Waals surface area (Å²) in [5, 5.41) is 0. The fraction of sp³-hybridized carbons (Fsp3) is 0.875. The maximum atomic E-state index is 2.80. The van der Waals surface area contributed by atoms with Crippen LogP contribution in [-0.4, -0.2) is 18.4 Å². The Balaban J connectivity index is 4.70. The molecule has 102 valence electrons. The molecule has 0 aromatic heterocycles. The van der Waals surface area contributed by atoms with Crippen LogP contribution in [0.15, 0.2) is 9.67 Å². The zero-order chi connectivity index (χ0) is 13.1. The molecular formula is C16H34Sn. The van der Waals surface area contributed by atoms with Crippen molar-refractivity contribution in [2.75, 3.05) is 0 Å². The summed E-state index contributed by atoms with van der Waals surface area (Å²) < 4.78 is 7.62. The van der Waals surface area contributed by atoms with Crippen molar-refractivity contribution in [1.82, 2.24) is 0 Å². The van der Waals surface area contributed by atoms with Gasteiger partial charge in [-0.05, 0) is 0 Å². The first kappa shape index (κ1) is 17.5. The summed E-state index contributed by atoms with van der Waals surface area (Å²) in [4.78, 5) is 0. The van der Waals surface area contributed by atoms with Gasteiger partial charge < -0.3 is 0 Å². The summed E-state index contributed by atoms with van der Waals surface area (Å²) in [6, 6.07) is 0. The Bertz CT molecular complexity index is 180. The molecule has 17 heavy (non-hydrogen) atoms. The van der Waals surface area contributed by atoms with Crippen LogP contribution in [-0.2, 0) is 0 Å². The van der Waals surface area contributed by atoms with Gasteiger partial charge in [-0.2, -0.15) is 0 Å². The monoisotopic (exact) mass is 346 g/mol. The molecule has 0 fully saturated rings. The molecule has 0 aromatic carbocycles. The minimum absolute atomic E-state index is 1.38. The summed E-state index contributed by atoms with van der Waals surface area (Å²) in [5.74, 6) is 0. The maximum absolute atomic E-state index is 2.80. The van der Waals surface area contributed by atoms with Crippen molar-refractivity contribution < 1.29 is 0 Å². The van der Waals surface area contributed by atoms with Crippen molar-refractivity contribution in [1.29, 1.82) is 0 Å². The van der Waals surface area contributed by atoms with Crippen molar-refractivity contribution in [2.45, 2.75) is 86.5 Å². The SMILES string of the molecule is CCC[CH2][Sn]([CH]=C(C)C)([CH2]CCC)[CH2]CCC. The number of hydrogen-bond donors (Lipinski definition) is 0. The second kappa shape index (κ2) is 10.5. The summed E-state index contributed by atoms with van der Waals surface area (Å²) >= 11 is -1.90. The normalized spacial score (nSPS) is 11.6. The third-order valence-electron chi connectivity index (χ3n) is 3.68. The Morgan fingerprint density at radius 2 is 1.12 bits per heavy atom. The van der Waals surface area contributed by atoms with Crippen molar-refractivity contribution in [2.24, 2.45) is 0 Å². The summed E-state index contributed by atoms with van der Waals surface area (Å²) in [5.41, 5.74) is 1.60. The molecule has 0 amide bonds.